The maximum Gasteiger partial charge on any atom is 0.125 e. The van der Waals surface area contributed by atoms with E-state index in [1.54, 1.807) is 18.3 Å². The zero-order valence-corrected chi connectivity index (χ0v) is 8.52. The van der Waals surface area contributed by atoms with Gasteiger partial charge in [-0.3, -0.25) is 0 Å². The molecule has 0 aliphatic carbocycles. The van der Waals surface area contributed by atoms with Crippen LogP contribution in [0, 0.1) is 5.82 Å². The predicted octanol–water partition coefficient (Wildman–Crippen LogP) is 1.81. The van der Waals surface area contributed by atoms with E-state index in [9.17, 15) is 4.39 Å². The van der Waals surface area contributed by atoms with Crippen molar-refractivity contribution in [3.8, 4) is 0 Å². The lowest BCUT2D eigenvalue weighted by molar-refractivity contribution is 0.628. The van der Waals surface area contributed by atoms with E-state index in [0.29, 0.717) is 17.9 Å². The smallest absolute Gasteiger partial charge is 0.125 e. The van der Waals surface area contributed by atoms with Gasteiger partial charge in [0.2, 0.25) is 0 Å². The Morgan fingerprint density at radius 3 is 2.88 bits per heavy atom. The van der Waals surface area contributed by atoms with Crippen LogP contribution in [-0.2, 0) is 6.54 Å². The van der Waals surface area contributed by atoms with Gasteiger partial charge in [-0.25, -0.2) is 14.4 Å². The maximum atomic E-state index is 12.8. The Kier molecular flexibility index (Phi) is 2.95. The van der Waals surface area contributed by atoms with Gasteiger partial charge >= 0.3 is 0 Å². The summed E-state index contributed by atoms with van der Waals surface area (Å²) in [5.74, 6) is -0.343. The zero-order valence-electron chi connectivity index (χ0n) is 8.52. The largest absolute Gasteiger partial charge is 0.397 e. The van der Waals surface area contributed by atoms with Gasteiger partial charge in [-0.15, -0.1) is 0 Å². The molecule has 1 heterocycles. The molecule has 0 bridgehead atoms. The predicted molar refractivity (Wildman–Crippen MR) is 60.2 cm³/mol. The van der Waals surface area contributed by atoms with Crippen molar-refractivity contribution in [1.29, 1.82) is 0 Å². The quantitative estimate of drug-likeness (QED) is 0.771. The van der Waals surface area contributed by atoms with Crippen LogP contribution in [0.1, 0.15) is 5.69 Å². The molecule has 0 saturated carbocycles. The molecule has 1 aromatic heterocycles. The summed E-state index contributed by atoms with van der Waals surface area (Å²) >= 11 is 0. The molecule has 82 valence electrons. The van der Waals surface area contributed by atoms with Crippen molar-refractivity contribution in [2.45, 2.75) is 6.54 Å². The van der Waals surface area contributed by atoms with Crippen LogP contribution in [0.5, 0.6) is 0 Å². The summed E-state index contributed by atoms with van der Waals surface area (Å²) in [7, 11) is 0. The SMILES string of the molecule is Nc1cc(F)ccc1NCc1ccncn1. The highest BCUT2D eigenvalue weighted by atomic mass is 19.1. The van der Waals surface area contributed by atoms with Crippen LogP contribution in [0.25, 0.3) is 0 Å². The number of nitrogen functional groups attached to an aromatic ring is 1. The van der Waals surface area contributed by atoms with Gasteiger partial charge in [0, 0.05) is 6.20 Å². The minimum atomic E-state index is -0.343. The zero-order chi connectivity index (χ0) is 11.4. The van der Waals surface area contributed by atoms with Gasteiger partial charge < -0.3 is 11.1 Å². The molecule has 0 fully saturated rings. The summed E-state index contributed by atoms with van der Waals surface area (Å²) in [4.78, 5) is 7.87. The summed E-state index contributed by atoms with van der Waals surface area (Å²) in [6.07, 6.45) is 3.14. The van der Waals surface area contributed by atoms with Crippen LogP contribution in [0.15, 0.2) is 36.8 Å². The van der Waals surface area contributed by atoms with Crippen LogP contribution in [0.2, 0.25) is 0 Å². The fraction of sp³-hybridized carbons (Fsp3) is 0.0909. The van der Waals surface area contributed by atoms with E-state index >= 15 is 0 Å². The first-order chi connectivity index (χ1) is 7.75. The second kappa shape index (κ2) is 4.57. The van der Waals surface area contributed by atoms with E-state index < -0.39 is 0 Å². The first-order valence-electron chi connectivity index (χ1n) is 4.79. The molecule has 16 heavy (non-hydrogen) atoms. The van der Waals surface area contributed by atoms with E-state index in [0.717, 1.165) is 5.69 Å². The van der Waals surface area contributed by atoms with Gasteiger partial charge in [0.05, 0.1) is 23.6 Å². The molecule has 1 aromatic carbocycles. The molecule has 2 rings (SSSR count). The number of hydrogen-bond donors (Lipinski definition) is 2. The van der Waals surface area contributed by atoms with Gasteiger partial charge in [-0.1, -0.05) is 0 Å². The lowest BCUT2D eigenvalue weighted by Crippen LogP contribution is -2.04. The molecular weight excluding hydrogens is 207 g/mol. The minimum Gasteiger partial charge on any atom is -0.397 e. The van der Waals surface area contributed by atoms with Crippen LogP contribution in [-0.4, -0.2) is 9.97 Å². The molecule has 5 heteroatoms. The Morgan fingerprint density at radius 1 is 1.31 bits per heavy atom. The van der Waals surface area contributed by atoms with Crippen molar-refractivity contribution in [1.82, 2.24) is 9.97 Å². The number of nitrogens with two attached hydrogens (primary N) is 1. The first-order valence-corrected chi connectivity index (χ1v) is 4.79. The van der Waals surface area contributed by atoms with E-state index in [4.69, 9.17) is 5.73 Å². The fourth-order valence-corrected chi connectivity index (χ4v) is 1.30. The van der Waals surface area contributed by atoms with Crippen molar-refractivity contribution in [3.63, 3.8) is 0 Å². The molecule has 0 spiro atoms. The van der Waals surface area contributed by atoms with Gasteiger partial charge in [0.1, 0.15) is 12.1 Å². The van der Waals surface area contributed by atoms with Crippen molar-refractivity contribution in [3.05, 3.63) is 48.3 Å². The Morgan fingerprint density at radius 2 is 2.19 bits per heavy atom. The normalized spacial score (nSPS) is 10.1. The minimum absolute atomic E-state index is 0.343. The van der Waals surface area contributed by atoms with Gasteiger partial charge in [-0.05, 0) is 24.3 Å². The molecule has 4 nitrogen and oxygen atoms in total. The lowest BCUT2D eigenvalue weighted by atomic mass is 10.2. The van der Waals surface area contributed by atoms with Crippen LogP contribution in [0.3, 0.4) is 0 Å². The number of nitrogens with one attached hydrogen (secondary N) is 1. The molecule has 0 unspecified atom stereocenters. The van der Waals surface area contributed by atoms with Crippen molar-refractivity contribution in [2.75, 3.05) is 11.1 Å². The van der Waals surface area contributed by atoms with Crippen molar-refractivity contribution >= 4 is 11.4 Å². The average Bonchev–Trinajstić information content (AvgIpc) is 2.29. The molecule has 0 aliphatic heterocycles. The molecular formula is C11H11FN4. The monoisotopic (exact) mass is 218 g/mol. The molecule has 0 saturated heterocycles. The molecule has 0 amide bonds. The third kappa shape index (κ3) is 2.44. The van der Waals surface area contributed by atoms with Gasteiger partial charge in [0.15, 0.2) is 0 Å². The number of rotatable bonds is 3. The summed E-state index contributed by atoms with van der Waals surface area (Å²) in [6, 6.07) is 6.04. The van der Waals surface area contributed by atoms with E-state index in [-0.39, 0.29) is 5.82 Å². The Bertz CT molecular complexity index is 473. The Balaban J connectivity index is 2.05. The van der Waals surface area contributed by atoms with Crippen molar-refractivity contribution < 1.29 is 4.39 Å². The molecule has 0 radical (unpaired) electrons. The standard InChI is InChI=1S/C11H11FN4/c12-8-1-2-11(10(13)5-8)15-6-9-3-4-14-7-16-9/h1-5,7,15H,6,13H2. The summed E-state index contributed by atoms with van der Waals surface area (Å²) in [5.41, 5.74) is 7.57. The number of halogens is 1. The lowest BCUT2D eigenvalue weighted by Gasteiger charge is -2.08. The molecule has 3 N–H and O–H groups in total. The highest BCUT2D eigenvalue weighted by Gasteiger charge is 2.00. The average molecular weight is 218 g/mol. The highest BCUT2D eigenvalue weighted by Crippen LogP contribution is 2.19. The van der Waals surface area contributed by atoms with Crippen LogP contribution < -0.4 is 11.1 Å². The van der Waals surface area contributed by atoms with E-state index in [1.165, 1.54) is 18.5 Å². The maximum absolute atomic E-state index is 12.8. The summed E-state index contributed by atoms with van der Waals surface area (Å²) < 4.78 is 12.8. The Labute approximate surface area is 92.3 Å². The Hall–Kier alpha value is -2.17. The van der Waals surface area contributed by atoms with Crippen LogP contribution in [0.4, 0.5) is 15.8 Å². The third-order valence-corrected chi connectivity index (χ3v) is 2.12. The number of anilines is 2. The first kappa shape index (κ1) is 10.4. The number of nitrogens with zero attached hydrogens (tertiary/aromatic N) is 2. The van der Waals surface area contributed by atoms with Crippen molar-refractivity contribution in [2.24, 2.45) is 0 Å². The van der Waals surface area contributed by atoms with Gasteiger partial charge in [-0.2, -0.15) is 0 Å². The second-order valence-electron chi connectivity index (χ2n) is 3.29. The summed E-state index contributed by atoms with van der Waals surface area (Å²) in [5, 5.41) is 3.07. The fourth-order valence-electron chi connectivity index (χ4n) is 1.30. The highest BCUT2D eigenvalue weighted by molar-refractivity contribution is 5.65. The van der Waals surface area contributed by atoms with Gasteiger partial charge in [0.25, 0.3) is 0 Å². The van der Waals surface area contributed by atoms with Crippen LogP contribution >= 0.6 is 0 Å². The number of benzene rings is 1. The van der Waals surface area contributed by atoms with E-state index in [1.807, 2.05) is 0 Å². The molecule has 0 atom stereocenters. The molecule has 2 aromatic rings. The number of aromatic nitrogens is 2. The summed E-state index contributed by atoms with van der Waals surface area (Å²) in [6.45, 7) is 0.526. The third-order valence-electron chi connectivity index (χ3n) is 2.12. The topological polar surface area (TPSA) is 63.8 Å². The number of hydrogen-bond acceptors (Lipinski definition) is 4. The van der Waals surface area contributed by atoms with E-state index in [2.05, 4.69) is 15.3 Å². The molecule has 0 aliphatic rings. The second-order valence-corrected chi connectivity index (χ2v) is 3.29.